The Morgan fingerprint density at radius 3 is 2.34 bits per heavy atom. The van der Waals surface area contributed by atoms with Crippen LogP contribution < -0.4 is 22.1 Å². The number of benzene rings is 2. The summed E-state index contributed by atoms with van der Waals surface area (Å²) in [6, 6.07) is 16.4. The molecule has 6 heteroatoms. The van der Waals surface area contributed by atoms with Crippen LogP contribution in [0.15, 0.2) is 83.7 Å². The van der Waals surface area contributed by atoms with E-state index in [-0.39, 0.29) is 5.91 Å². The summed E-state index contributed by atoms with van der Waals surface area (Å²) in [6.45, 7) is 4.18. The Balaban J connectivity index is 1.95. The lowest BCUT2D eigenvalue weighted by molar-refractivity contribution is 0.102. The highest BCUT2D eigenvalue weighted by atomic mass is 16.1. The highest BCUT2D eigenvalue weighted by molar-refractivity contribution is 6.04. The zero-order valence-electron chi connectivity index (χ0n) is 16.6. The van der Waals surface area contributed by atoms with Crippen molar-refractivity contribution in [2.75, 3.05) is 11.1 Å². The first-order valence-corrected chi connectivity index (χ1v) is 9.13. The van der Waals surface area contributed by atoms with Gasteiger partial charge in [0.15, 0.2) is 0 Å². The fourth-order valence-electron chi connectivity index (χ4n) is 2.45. The van der Waals surface area contributed by atoms with Crippen LogP contribution in [0.4, 0.5) is 11.4 Å². The van der Waals surface area contributed by atoms with E-state index in [0.29, 0.717) is 34.8 Å². The molecule has 1 amide bonds. The zero-order chi connectivity index (χ0) is 21.2. The quantitative estimate of drug-likeness (QED) is 0.327. The number of carbonyl (C=O) groups excluding carboxylic acids is 1. The molecule has 0 aliphatic carbocycles. The monoisotopic (exact) mass is 387 g/mol. The molecule has 0 heterocycles. The van der Waals surface area contributed by atoms with Crippen LogP contribution in [0, 0.1) is 11.3 Å². The molecule has 0 saturated carbocycles. The number of amides is 1. The van der Waals surface area contributed by atoms with Crippen molar-refractivity contribution in [3.63, 3.8) is 0 Å². The molecule has 0 radical (unpaired) electrons. The van der Waals surface area contributed by atoms with Gasteiger partial charge in [-0.2, -0.15) is 5.26 Å². The minimum atomic E-state index is -0.189. The molecule has 0 spiro atoms. The van der Waals surface area contributed by atoms with Gasteiger partial charge in [-0.15, -0.1) is 0 Å². The first-order valence-electron chi connectivity index (χ1n) is 9.13. The van der Waals surface area contributed by atoms with Crippen LogP contribution in [0.25, 0.3) is 0 Å². The van der Waals surface area contributed by atoms with E-state index in [1.807, 2.05) is 37.3 Å². The normalized spacial score (nSPS) is 12.2. The van der Waals surface area contributed by atoms with Crippen LogP contribution in [0.1, 0.15) is 29.8 Å². The number of anilines is 2. The predicted molar refractivity (Wildman–Crippen MR) is 117 cm³/mol. The number of carbonyl (C=O) groups is 1. The Labute approximate surface area is 171 Å². The molecule has 6 N–H and O–H groups in total. The van der Waals surface area contributed by atoms with Gasteiger partial charge in [0, 0.05) is 29.1 Å². The molecule has 6 nitrogen and oxygen atoms in total. The van der Waals surface area contributed by atoms with Gasteiger partial charge in [0.2, 0.25) is 0 Å². The minimum absolute atomic E-state index is 0.189. The van der Waals surface area contributed by atoms with Crippen molar-refractivity contribution in [1.82, 2.24) is 5.32 Å². The second kappa shape index (κ2) is 10.4. The zero-order valence-corrected chi connectivity index (χ0v) is 16.6. The van der Waals surface area contributed by atoms with Crippen molar-refractivity contribution in [3.8, 4) is 6.07 Å². The van der Waals surface area contributed by atoms with E-state index in [9.17, 15) is 4.79 Å². The Kier molecular flexibility index (Phi) is 7.63. The van der Waals surface area contributed by atoms with Crippen molar-refractivity contribution in [1.29, 1.82) is 5.26 Å². The first kappa shape index (κ1) is 21.3. The number of nitrogen functional groups attached to an aromatic ring is 1. The van der Waals surface area contributed by atoms with E-state index in [0.717, 1.165) is 11.3 Å². The van der Waals surface area contributed by atoms with E-state index >= 15 is 0 Å². The highest BCUT2D eigenvalue weighted by Gasteiger charge is 2.06. The fraction of sp³-hybridized carbons (Fsp3) is 0.130. The van der Waals surface area contributed by atoms with Gasteiger partial charge in [-0.3, -0.25) is 4.79 Å². The topological polar surface area (TPSA) is 117 Å². The molecule has 2 aromatic carbocycles. The molecule has 0 aromatic heterocycles. The summed E-state index contributed by atoms with van der Waals surface area (Å²) in [7, 11) is 0. The SMILES string of the molecule is C\C=C(NCc1ccc(NC(=O)c2ccc(N)cc2)cc1)/C(N)=C\C=C(/C)C#N. The first-order chi connectivity index (χ1) is 13.9. The summed E-state index contributed by atoms with van der Waals surface area (Å²) in [4.78, 5) is 12.3. The van der Waals surface area contributed by atoms with Gasteiger partial charge in [0.25, 0.3) is 5.91 Å². The fourth-order valence-corrected chi connectivity index (χ4v) is 2.45. The third-order valence-corrected chi connectivity index (χ3v) is 4.16. The highest BCUT2D eigenvalue weighted by Crippen LogP contribution is 2.13. The average molecular weight is 387 g/mol. The smallest absolute Gasteiger partial charge is 0.255 e. The molecule has 29 heavy (non-hydrogen) atoms. The van der Waals surface area contributed by atoms with Gasteiger partial charge in [-0.25, -0.2) is 0 Å². The summed E-state index contributed by atoms with van der Waals surface area (Å²) < 4.78 is 0. The van der Waals surface area contributed by atoms with Crippen molar-refractivity contribution in [2.45, 2.75) is 20.4 Å². The Hall–Kier alpha value is -3.98. The Morgan fingerprint density at radius 1 is 1.10 bits per heavy atom. The van der Waals surface area contributed by atoms with Gasteiger partial charge >= 0.3 is 0 Å². The predicted octanol–water partition coefficient (Wildman–Crippen LogP) is 3.83. The van der Waals surface area contributed by atoms with Crippen LogP contribution in [0.5, 0.6) is 0 Å². The Morgan fingerprint density at radius 2 is 1.76 bits per heavy atom. The third-order valence-electron chi connectivity index (χ3n) is 4.16. The largest absolute Gasteiger partial charge is 0.399 e. The molecule has 0 fully saturated rings. The van der Waals surface area contributed by atoms with Crippen LogP contribution in [-0.4, -0.2) is 5.91 Å². The molecule has 148 valence electrons. The van der Waals surface area contributed by atoms with E-state index in [2.05, 4.69) is 16.7 Å². The van der Waals surface area contributed by atoms with Gasteiger partial charge in [-0.1, -0.05) is 18.2 Å². The number of hydrogen-bond donors (Lipinski definition) is 4. The van der Waals surface area contributed by atoms with Gasteiger partial charge in [0.05, 0.1) is 17.5 Å². The number of nitrogens with one attached hydrogen (secondary N) is 2. The number of nitrogens with zero attached hydrogens (tertiary/aromatic N) is 1. The van der Waals surface area contributed by atoms with Crippen molar-refractivity contribution in [3.05, 3.63) is 94.9 Å². The molecular weight excluding hydrogens is 362 g/mol. The van der Waals surface area contributed by atoms with Crippen LogP contribution in [-0.2, 0) is 6.54 Å². The lowest BCUT2D eigenvalue weighted by Crippen LogP contribution is -2.18. The maximum absolute atomic E-state index is 12.3. The number of nitriles is 1. The number of hydrogen-bond acceptors (Lipinski definition) is 5. The van der Waals surface area contributed by atoms with Crippen LogP contribution >= 0.6 is 0 Å². The van der Waals surface area contributed by atoms with Crippen LogP contribution in [0.2, 0.25) is 0 Å². The minimum Gasteiger partial charge on any atom is -0.399 e. The van der Waals surface area contributed by atoms with E-state index in [4.69, 9.17) is 16.7 Å². The van der Waals surface area contributed by atoms with Crippen molar-refractivity contribution < 1.29 is 4.79 Å². The maximum atomic E-state index is 12.3. The van der Waals surface area contributed by atoms with E-state index < -0.39 is 0 Å². The Bertz CT molecular complexity index is 977. The van der Waals surface area contributed by atoms with Gasteiger partial charge in [0.1, 0.15) is 0 Å². The summed E-state index contributed by atoms with van der Waals surface area (Å²) in [5.74, 6) is -0.189. The van der Waals surface area contributed by atoms with Crippen molar-refractivity contribution >= 4 is 17.3 Å². The lowest BCUT2D eigenvalue weighted by atomic mass is 10.1. The molecule has 0 bridgehead atoms. The number of rotatable bonds is 7. The van der Waals surface area contributed by atoms with E-state index in [1.165, 1.54) is 0 Å². The van der Waals surface area contributed by atoms with Gasteiger partial charge < -0.3 is 22.1 Å². The summed E-state index contributed by atoms with van der Waals surface area (Å²) in [5.41, 5.74) is 16.5. The van der Waals surface area contributed by atoms with Crippen LogP contribution in [0.3, 0.4) is 0 Å². The maximum Gasteiger partial charge on any atom is 0.255 e. The molecule has 2 rings (SSSR count). The van der Waals surface area contributed by atoms with E-state index in [1.54, 1.807) is 43.3 Å². The van der Waals surface area contributed by atoms with Gasteiger partial charge in [-0.05, 0) is 68.0 Å². The summed E-state index contributed by atoms with van der Waals surface area (Å²) in [6.07, 6.45) is 5.26. The number of nitrogens with two attached hydrogens (primary N) is 2. The summed E-state index contributed by atoms with van der Waals surface area (Å²) in [5, 5.41) is 14.9. The molecular formula is C23H25N5O. The molecule has 2 aromatic rings. The third kappa shape index (κ3) is 6.60. The molecule has 0 saturated heterocycles. The lowest BCUT2D eigenvalue weighted by Gasteiger charge is -2.12. The molecule has 0 aliphatic rings. The number of allylic oxidation sites excluding steroid dienone is 4. The molecule has 0 atom stereocenters. The average Bonchev–Trinajstić information content (AvgIpc) is 2.73. The molecule has 0 aliphatic heterocycles. The second-order valence-electron chi connectivity index (χ2n) is 6.41. The molecule has 0 unspecified atom stereocenters. The second-order valence-corrected chi connectivity index (χ2v) is 6.41. The standard InChI is InChI=1S/C23H25N5O/c1-3-22(21(26)13-4-16(2)14-24)27-15-17-5-11-20(12-6-17)28-23(29)18-7-9-19(25)10-8-18/h3-13,27H,15,25-26H2,1-2H3,(H,28,29)/b16-4+,21-13+,22-3+. The summed E-state index contributed by atoms with van der Waals surface area (Å²) >= 11 is 0. The van der Waals surface area contributed by atoms with Crippen molar-refractivity contribution in [2.24, 2.45) is 5.73 Å².